The van der Waals surface area contributed by atoms with Crippen LogP contribution in [0.3, 0.4) is 0 Å². The van der Waals surface area contributed by atoms with Crippen LogP contribution in [-0.2, 0) is 22.6 Å². The van der Waals surface area contributed by atoms with Crippen LogP contribution < -0.4 is 14.8 Å². The van der Waals surface area contributed by atoms with Crippen molar-refractivity contribution in [1.29, 1.82) is 0 Å². The Hall–Kier alpha value is -4.13. The Bertz CT molecular complexity index is 1190. The molecule has 0 unspecified atom stereocenters. The molecule has 33 heavy (non-hydrogen) atoms. The number of hydrogen-bond donors (Lipinski definition) is 1. The normalized spacial score (nSPS) is 12.3. The molecule has 1 amide bonds. The molecule has 7 heteroatoms. The summed E-state index contributed by atoms with van der Waals surface area (Å²) in [5.74, 6) is -0.111. The Morgan fingerprint density at radius 3 is 2.48 bits per heavy atom. The summed E-state index contributed by atoms with van der Waals surface area (Å²) in [6, 6.07) is 19.5. The summed E-state index contributed by atoms with van der Waals surface area (Å²) in [7, 11) is 1.49. The summed E-state index contributed by atoms with van der Waals surface area (Å²) >= 11 is 0. The van der Waals surface area contributed by atoms with Crippen molar-refractivity contribution in [2.45, 2.75) is 19.4 Å². The SMILES string of the molecule is COc1cc(C(=O)OCC(=O)c2ccc3c(c2)CCC(=O)N3)ccc1OCc1ccccc1. The van der Waals surface area contributed by atoms with Crippen LogP contribution in [0.2, 0.25) is 0 Å². The van der Waals surface area contributed by atoms with Crippen LogP contribution in [0.25, 0.3) is 0 Å². The molecular weight excluding hydrogens is 422 g/mol. The second-order valence-electron chi connectivity index (χ2n) is 7.56. The fourth-order valence-corrected chi connectivity index (χ4v) is 3.50. The van der Waals surface area contributed by atoms with Crippen molar-refractivity contribution in [2.24, 2.45) is 0 Å². The summed E-state index contributed by atoms with van der Waals surface area (Å²) in [6.45, 7) is -0.0293. The van der Waals surface area contributed by atoms with Gasteiger partial charge in [0, 0.05) is 17.7 Å². The van der Waals surface area contributed by atoms with Crippen LogP contribution in [0.1, 0.15) is 38.3 Å². The van der Waals surface area contributed by atoms with E-state index in [4.69, 9.17) is 14.2 Å². The second kappa shape index (κ2) is 9.99. The zero-order chi connectivity index (χ0) is 23.2. The van der Waals surface area contributed by atoms with Gasteiger partial charge in [0.25, 0.3) is 0 Å². The molecule has 1 N–H and O–H groups in total. The average Bonchev–Trinajstić information content (AvgIpc) is 2.86. The van der Waals surface area contributed by atoms with Crippen LogP contribution in [0.5, 0.6) is 11.5 Å². The lowest BCUT2D eigenvalue weighted by Crippen LogP contribution is -2.20. The Morgan fingerprint density at radius 1 is 0.909 bits per heavy atom. The minimum absolute atomic E-state index is 0.0394. The van der Waals surface area contributed by atoms with Gasteiger partial charge in [0.05, 0.1) is 12.7 Å². The summed E-state index contributed by atoms with van der Waals surface area (Å²) < 4.78 is 16.4. The maximum Gasteiger partial charge on any atom is 0.338 e. The van der Waals surface area contributed by atoms with Gasteiger partial charge in [-0.3, -0.25) is 9.59 Å². The van der Waals surface area contributed by atoms with Crippen LogP contribution in [0.15, 0.2) is 66.7 Å². The third-order valence-corrected chi connectivity index (χ3v) is 5.29. The third kappa shape index (κ3) is 5.38. The molecule has 1 aliphatic rings. The quantitative estimate of drug-likeness (QED) is 0.413. The molecule has 0 bridgehead atoms. The van der Waals surface area contributed by atoms with Gasteiger partial charge in [-0.15, -0.1) is 0 Å². The summed E-state index contributed by atoms with van der Waals surface area (Å²) in [4.78, 5) is 36.5. The lowest BCUT2D eigenvalue weighted by atomic mass is 9.99. The number of amides is 1. The molecule has 0 fully saturated rings. The maximum absolute atomic E-state index is 12.5. The minimum atomic E-state index is -0.638. The van der Waals surface area contributed by atoms with Gasteiger partial charge in [0.1, 0.15) is 6.61 Å². The van der Waals surface area contributed by atoms with Crippen molar-refractivity contribution in [1.82, 2.24) is 0 Å². The van der Waals surface area contributed by atoms with E-state index < -0.39 is 12.6 Å². The second-order valence-corrected chi connectivity index (χ2v) is 7.56. The molecule has 0 spiro atoms. The molecule has 1 heterocycles. The van der Waals surface area contributed by atoms with Gasteiger partial charge in [0.15, 0.2) is 23.9 Å². The minimum Gasteiger partial charge on any atom is -0.493 e. The van der Waals surface area contributed by atoms with Crippen molar-refractivity contribution in [3.63, 3.8) is 0 Å². The highest BCUT2D eigenvalue weighted by molar-refractivity contribution is 6.01. The molecule has 3 aromatic carbocycles. The molecule has 168 valence electrons. The molecular formula is C26H23NO6. The van der Waals surface area contributed by atoms with E-state index in [-0.39, 0.29) is 17.3 Å². The zero-order valence-electron chi connectivity index (χ0n) is 18.1. The number of nitrogens with one attached hydrogen (secondary N) is 1. The Kier molecular flexibility index (Phi) is 6.69. The number of carbonyl (C=O) groups is 3. The highest BCUT2D eigenvalue weighted by Crippen LogP contribution is 2.29. The standard InChI is InChI=1S/C26H23NO6/c1-31-24-14-20(8-11-23(24)32-15-17-5-3-2-4-6-17)26(30)33-16-22(28)19-7-10-21-18(13-19)9-12-25(29)27-21/h2-8,10-11,13-14H,9,12,15-16H2,1H3,(H,27,29). The monoisotopic (exact) mass is 445 g/mol. The molecule has 0 aliphatic carbocycles. The molecule has 0 saturated carbocycles. The number of hydrogen-bond acceptors (Lipinski definition) is 6. The maximum atomic E-state index is 12.5. The number of fused-ring (bicyclic) bond motifs is 1. The first-order valence-corrected chi connectivity index (χ1v) is 10.5. The molecule has 0 saturated heterocycles. The predicted molar refractivity (Wildman–Crippen MR) is 122 cm³/mol. The fraction of sp³-hybridized carbons (Fsp3) is 0.192. The van der Waals surface area contributed by atoms with E-state index in [0.29, 0.717) is 42.2 Å². The summed E-state index contributed by atoms with van der Waals surface area (Å²) in [6.07, 6.45) is 0.951. The number of carbonyl (C=O) groups excluding carboxylic acids is 3. The molecule has 3 aromatic rings. The number of Topliss-reactive ketones (excluding diaryl/α,β-unsaturated/α-hetero) is 1. The number of methoxy groups -OCH3 is 1. The van der Waals surface area contributed by atoms with Gasteiger partial charge < -0.3 is 19.5 Å². The molecule has 4 rings (SSSR count). The largest absolute Gasteiger partial charge is 0.493 e. The van der Waals surface area contributed by atoms with Gasteiger partial charge >= 0.3 is 5.97 Å². The number of aryl methyl sites for hydroxylation is 1. The number of anilines is 1. The summed E-state index contributed by atoms with van der Waals surface area (Å²) in [5.41, 5.74) is 3.29. The molecule has 0 radical (unpaired) electrons. The Balaban J connectivity index is 1.37. The van der Waals surface area contributed by atoms with E-state index in [0.717, 1.165) is 11.1 Å². The average molecular weight is 445 g/mol. The summed E-state index contributed by atoms with van der Waals surface area (Å²) in [5, 5.41) is 2.77. The number of rotatable bonds is 8. The van der Waals surface area contributed by atoms with E-state index >= 15 is 0 Å². The van der Waals surface area contributed by atoms with E-state index in [1.807, 2.05) is 30.3 Å². The van der Waals surface area contributed by atoms with Crippen LogP contribution in [0.4, 0.5) is 5.69 Å². The smallest absolute Gasteiger partial charge is 0.338 e. The van der Waals surface area contributed by atoms with E-state index in [1.165, 1.54) is 13.2 Å². The fourth-order valence-electron chi connectivity index (χ4n) is 3.50. The highest BCUT2D eigenvalue weighted by atomic mass is 16.5. The highest BCUT2D eigenvalue weighted by Gasteiger charge is 2.18. The van der Waals surface area contributed by atoms with E-state index in [1.54, 1.807) is 30.3 Å². The first-order valence-electron chi connectivity index (χ1n) is 10.5. The first-order chi connectivity index (χ1) is 16.0. The van der Waals surface area contributed by atoms with E-state index in [2.05, 4.69) is 5.32 Å². The van der Waals surface area contributed by atoms with Crippen LogP contribution in [-0.4, -0.2) is 31.4 Å². The number of ether oxygens (including phenoxy) is 3. The Morgan fingerprint density at radius 2 is 1.70 bits per heavy atom. The van der Waals surface area contributed by atoms with Crippen molar-refractivity contribution < 1.29 is 28.6 Å². The van der Waals surface area contributed by atoms with Crippen molar-refractivity contribution in [2.75, 3.05) is 19.0 Å². The van der Waals surface area contributed by atoms with Gasteiger partial charge in [0.2, 0.25) is 5.91 Å². The van der Waals surface area contributed by atoms with Crippen molar-refractivity contribution in [3.05, 3.63) is 89.0 Å². The van der Waals surface area contributed by atoms with Gasteiger partial charge in [-0.1, -0.05) is 30.3 Å². The van der Waals surface area contributed by atoms with Crippen LogP contribution >= 0.6 is 0 Å². The number of esters is 1. The third-order valence-electron chi connectivity index (χ3n) is 5.29. The molecule has 0 aromatic heterocycles. The lowest BCUT2D eigenvalue weighted by Gasteiger charge is -2.17. The number of ketones is 1. The lowest BCUT2D eigenvalue weighted by molar-refractivity contribution is -0.116. The van der Waals surface area contributed by atoms with Gasteiger partial charge in [-0.2, -0.15) is 0 Å². The van der Waals surface area contributed by atoms with Crippen LogP contribution in [0, 0.1) is 0 Å². The molecule has 0 atom stereocenters. The van der Waals surface area contributed by atoms with Crippen molar-refractivity contribution >= 4 is 23.3 Å². The predicted octanol–water partition coefficient (Wildman–Crippen LogP) is 4.20. The van der Waals surface area contributed by atoms with Crippen molar-refractivity contribution in [3.8, 4) is 11.5 Å². The van der Waals surface area contributed by atoms with Gasteiger partial charge in [-0.05, 0) is 53.9 Å². The molecule has 1 aliphatic heterocycles. The Labute approximate surface area is 191 Å². The zero-order valence-corrected chi connectivity index (χ0v) is 18.1. The van der Waals surface area contributed by atoms with Gasteiger partial charge in [-0.25, -0.2) is 4.79 Å². The number of benzene rings is 3. The molecule has 7 nitrogen and oxygen atoms in total. The first kappa shape index (κ1) is 22.1. The topological polar surface area (TPSA) is 90.9 Å². The van der Waals surface area contributed by atoms with E-state index in [9.17, 15) is 14.4 Å².